The molecule has 6 aromatic carbocycles. The van der Waals surface area contributed by atoms with Gasteiger partial charge in [-0.1, -0.05) is 97.1 Å². The van der Waals surface area contributed by atoms with Crippen LogP contribution in [0.2, 0.25) is 0 Å². The van der Waals surface area contributed by atoms with Crippen molar-refractivity contribution in [1.82, 2.24) is 0 Å². The van der Waals surface area contributed by atoms with E-state index in [1.165, 1.54) is 75.1 Å². The lowest BCUT2D eigenvalue weighted by molar-refractivity contribution is 1.47. The van der Waals surface area contributed by atoms with E-state index in [0.29, 0.717) is 0 Å². The second-order valence-electron chi connectivity index (χ2n) is 9.01. The first-order valence-corrected chi connectivity index (χ1v) is 12.3. The Morgan fingerprint density at radius 3 is 1.27 bits per heavy atom. The lowest BCUT2D eigenvalue weighted by Gasteiger charge is -2.13. The number of rotatable bonds is 2. The van der Waals surface area contributed by atoms with E-state index in [9.17, 15) is 0 Å². The molecule has 0 N–H and O–H groups in total. The fraction of sp³-hybridized carbons (Fsp3) is 0.0625. The molecule has 0 aliphatic rings. The maximum absolute atomic E-state index is 2.35. The molecule has 0 spiro atoms. The average molecular weight is 439 g/mol. The second-order valence-corrected chi connectivity index (χ2v) is 10.0. The second kappa shape index (κ2) is 6.91. The van der Waals surface area contributed by atoms with E-state index < -0.39 is 0 Å². The molecule has 0 radical (unpaired) electrons. The van der Waals surface area contributed by atoms with Gasteiger partial charge in [-0.3, -0.25) is 0 Å². The van der Waals surface area contributed by atoms with Gasteiger partial charge in [0.15, 0.2) is 0 Å². The van der Waals surface area contributed by atoms with Gasteiger partial charge in [0.1, 0.15) is 0 Å². The normalized spacial score (nSPS) is 11.9. The topological polar surface area (TPSA) is 0 Å². The van der Waals surface area contributed by atoms with Gasteiger partial charge in [0.25, 0.3) is 0 Å². The monoisotopic (exact) mass is 438 g/mol. The fourth-order valence-corrected chi connectivity index (χ4v) is 6.96. The van der Waals surface area contributed by atoms with Crippen LogP contribution >= 0.6 is 11.3 Å². The lowest BCUT2D eigenvalue weighted by atomic mass is 9.89. The molecule has 0 fully saturated rings. The summed E-state index contributed by atoms with van der Waals surface area (Å²) in [4.78, 5) is 0. The quantitative estimate of drug-likeness (QED) is 0.236. The smallest absolute Gasteiger partial charge is 0.0440 e. The zero-order valence-corrected chi connectivity index (χ0v) is 19.5. The molecule has 0 aliphatic heterocycles. The summed E-state index contributed by atoms with van der Waals surface area (Å²) in [5.41, 5.74) is 7.98. The van der Waals surface area contributed by atoms with Crippen molar-refractivity contribution < 1.29 is 0 Å². The first-order chi connectivity index (χ1) is 16.2. The molecule has 0 bridgehead atoms. The zero-order chi connectivity index (χ0) is 22.1. The van der Waals surface area contributed by atoms with Crippen LogP contribution in [0, 0.1) is 13.8 Å². The van der Waals surface area contributed by atoms with E-state index in [1.54, 1.807) is 0 Å². The van der Waals surface area contributed by atoms with Crippen LogP contribution in [-0.2, 0) is 0 Å². The first-order valence-electron chi connectivity index (χ1n) is 11.5. The van der Waals surface area contributed by atoms with E-state index in [-0.39, 0.29) is 0 Å². The minimum atomic E-state index is 1.32. The molecule has 33 heavy (non-hydrogen) atoms. The van der Waals surface area contributed by atoms with Crippen molar-refractivity contribution in [2.45, 2.75) is 13.8 Å². The molecule has 7 rings (SSSR count). The lowest BCUT2D eigenvalue weighted by Crippen LogP contribution is -1.87. The van der Waals surface area contributed by atoms with Crippen molar-refractivity contribution in [1.29, 1.82) is 0 Å². The first kappa shape index (κ1) is 18.8. The summed E-state index contributed by atoms with van der Waals surface area (Å²) in [6.45, 7) is 4.43. The van der Waals surface area contributed by atoms with Gasteiger partial charge in [-0.2, -0.15) is 0 Å². The summed E-state index contributed by atoms with van der Waals surface area (Å²) in [7, 11) is 0. The Morgan fingerprint density at radius 2 is 0.818 bits per heavy atom. The molecule has 0 saturated heterocycles. The van der Waals surface area contributed by atoms with Gasteiger partial charge in [-0.05, 0) is 68.8 Å². The molecule has 0 atom stereocenters. The van der Waals surface area contributed by atoms with Gasteiger partial charge in [0, 0.05) is 20.2 Å². The summed E-state index contributed by atoms with van der Waals surface area (Å²) in [6.07, 6.45) is 0. The Hall–Kier alpha value is -3.68. The van der Waals surface area contributed by atoms with Crippen LogP contribution in [-0.4, -0.2) is 0 Å². The maximum Gasteiger partial charge on any atom is 0.0440 e. The van der Waals surface area contributed by atoms with Crippen molar-refractivity contribution in [2.24, 2.45) is 0 Å². The molecular formula is C32H22S. The standard InChI is InChI=1S/C32H22S/c1-19-9-3-5-11-21(19)27-17-15-25-23-13-7-8-14-24(23)26-16-18-28(22-12-6-4-10-20(22)2)32-30(26)29(25)31(27)33-32/h3-18H,1-2H3. The van der Waals surface area contributed by atoms with Gasteiger partial charge in [-0.25, -0.2) is 0 Å². The van der Waals surface area contributed by atoms with Crippen molar-refractivity contribution in [3.63, 3.8) is 0 Å². The molecule has 7 aromatic rings. The Kier molecular flexibility index (Phi) is 3.95. The van der Waals surface area contributed by atoms with Crippen LogP contribution < -0.4 is 0 Å². The number of hydrogen-bond donors (Lipinski definition) is 0. The number of hydrogen-bond acceptors (Lipinski definition) is 1. The fourth-order valence-electron chi connectivity index (χ4n) is 5.55. The minimum Gasteiger partial charge on any atom is -0.134 e. The largest absolute Gasteiger partial charge is 0.134 e. The van der Waals surface area contributed by atoms with E-state index in [0.717, 1.165) is 0 Å². The molecule has 0 unspecified atom stereocenters. The third-order valence-electron chi connectivity index (χ3n) is 7.15. The highest BCUT2D eigenvalue weighted by Gasteiger charge is 2.21. The molecular weight excluding hydrogens is 416 g/mol. The van der Waals surface area contributed by atoms with E-state index in [4.69, 9.17) is 0 Å². The Labute approximate surface area is 197 Å². The Morgan fingerprint density at radius 1 is 0.394 bits per heavy atom. The number of fused-ring (bicyclic) bond motifs is 3. The van der Waals surface area contributed by atoms with E-state index in [2.05, 4.69) is 111 Å². The van der Waals surface area contributed by atoms with Crippen LogP contribution in [0.15, 0.2) is 97.1 Å². The van der Waals surface area contributed by atoms with Crippen molar-refractivity contribution in [3.05, 3.63) is 108 Å². The van der Waals surface area contributed by atoms with Crippen LogP contribution in [0.1, 0.15) is 11.1 Å². The summed E-state index contributed by atoms with van der Waals surface area (Å²) in [6, 6.07) is 35.8. The van der Waals surface area contributed by atoms with Crippen molar-refractivity contribution in [2.75, 3.05) is 0 Å². The van der Waals surface area contributed by atoms with Crippen LogP contribution in [0.4, 0.5) is 0 Å². The number of aryl methyl sites for hydroxylation is 2. The molecule has 156 valence electrons. The average Bonchev–Trinajstić information content (AvgIpc) is 3.25. The van der Waals surface area contributed by atoms with E-state index in [1.807, 2.05) is 11.3 Å². The highest BCUT2D eigenvalue weighted by atomic mass is 32.1. The van der Waals surface area contributed by atoms with Crippen LogP contribution in [0.5, 0.6) is 0 Å². The Bertz CT molecular complexity index is 1700. The Balaban J connectivity index is 1.73. The maximum atomic E-state index is 2.35. The molecule has 0 saturated carbocycles. The molecule has 0 nitrogen and oxygen atoms in total. The number of thiophene rings is 1. The van der Waals surface area contributed by atoms with Gasteiger partial charge >= 0.3 is 0 Å². The summed E-state index contributed by atoms with van der Waals surface area (Å²) >= 11 is 1.96. The van der Waals surface area contributed by atoms with Crippen molar-refractivity contribution >= 4 is 53.1 Å². The third-order valence-corrected chi connectivity index (χ3v) is 8.40. The number of benzene rings is 6. The van der Waals surface area contributed by atoms with Gasteiger partial charge < -0.3 is 0 Å². The summed E-state index contributed by atoms with van der Waals surface area (Å²) < 4.78 is 2.79. The molecule has 0 aliphatic carbocycles. The van der Waals surface area contributed by atoms with Gasteiger partial charge in [0.05, 0.1) is 0 Å². The molecule has 1 aromatic heterocycles. The van der Waals surface area contributed by atoms with Crippen molar-refractivity contribution in [3.8, 4) is 22.3 Å². The van der Waals surface area contributed by atoms with Gasteiger partial charge in [0.2, 0.25) is 0 Å². The predicted octanol–water partition coefficient (Wildman–Crippen LogP) is 9.75. The summed E-state index contributed by atoms with van der Waals surface area (Å²) in [5, 5.41) is 8.24. The molecule has 1 heteroatoms. The highest BCUT2D eigenvalue weighted by molar-refractivity contribution is 7.27. The SMILES string of the molecule is Cc1ccccc1-c1ccc2c3ccccc3c3ccc(-c4ccccc4C)c4sc1c2c43. The van der Waals surface area contributed by atoms with Crippen LogP contribution in [0.3, 0.4) is 0 Å². The predicted molar refractivity (Wildman–Crippen MR) is 146 cm³/mol. The van der Waals surface area contributed by atoms with Crippen LogP contribution in [0.25, 0.3) is 64.0 Å². The summed E-state index contributed by atoms with van der Waals surface area (Å²) in [5.74, 6) is 0. The van der Waals surface area contributed by atoms with E-state index >= 15 is 0 Å². The molecule has 0 amide bonds. The third kappa shape index (κ3) is 2.57. The zero-order valence-electron chi connectivity index (χ0n) is 18.6. The minimum absolute atomic E-state index is 1.32. The van der Waals surface area contributed by atoms with Gasteiger partial charge in [-0.15, -0.1) is 11.3 Å². The molecule has 1 heterocycles. The highest BCUT2D eigenvalue weighted by Crippen LogP contribution is 2.51.